The summed E-state index contributed by atoms with van der Waals surface area (Å²) in [6.45, 7) is 1.59. The lowest BCUT2D eigenvalue weighted by molar-refractivity contribution is 0.338. The molecule has 0 N–H and O–H groups in total. The van der Waals surface area contributed by atoms with Crippen LogP contribution in [0.3, 0.4) is 0 Å². The highest BCUT2D eigenvalue weighted by atomic mass is 31.2. The Morgan fingerprint density at radius 1 is 1.60 bits per heavy atom. The summed E-state index contributed by atoms with van der Waals surface area (Å²) in [7, 11) is -3.88. The van der Waals surface area contributed by atoms with E-state index in [1.165, 1.54) is 0 Å². The average molecular weight is 167 g/mol. The molecule has 1 heterocycles. The zero-order valence-electron chi connectivity index (χ0n) is 5.41. The minimum absolute atomic E-state index is 0.201. The van der Waals surface area contributed by atoms with Crippen molar-refractivity contribution < 1.29 is 18.2 Å². The van der Waals surface area contributed by atoms with Crippen molar-refractivity contribution in [2.24, 2.45) is 4.76 Å². The van der Waals surface area contributed by atoms with E-state index in [0.29, 0.717) is 13.2 Å². The first-order valence-corrected chi connectivity index (χ1v) is 4.71. The normalized spacial score (nSPS) is 22.8. The van der Waals surface area contributed by atoms with Gasteiger partial charge in [-0.25, -0.2) is 0 Å². The van der Waals surface area contributed by atoms with Crippen molar-refractivity contribution in [3.63, 3.8) is 0 Å². The molecule has 0 bridgehead atoms. The molecule has 0 aromatic rings. The third-order valence-electron chi connectivity index (χ3n) is 0.795. The van der Waals surface area contributed by atoms with Gasteiger partial charge in [0.15, 0.2) is 0 Å². The van der Waals surface area contributed by atoms with Gasteiger partial charge in [-0.1, -0.05) is 0 Å². The average Bonchev–Trinajstić information content (AvgIpc) is 2.12. The molecule has 1 rings (SSSR count). The number of ether oxygens (including phenoxy) is 2. The second kappa shape index (κ2) is 2.58. The number of nitrogens with zero attached hydrogens (tertiary/aromatic N) is 1. The van der Waals surface area contributed by atoms with Crippen LogP contribution in [-0.2, 0) is 14.0 Å². The van der Waals surface area contributed by atoms with Crippen LogP contribution in [0.2, 0.25) is 0 Å². The van der Waals surface area contributed by atoms with E-state index in [0.717, 1.165) is 6.66 Å². The largest absolute Gasteiger partial charge is 0.447 e. The van der Waals surface area contributed by atoms with E-state index in [2.05, 4.69) is 14.2 Å². The van der Waals surface area contributed by atoms with E-state index in [1.807, 2.05) is 0 Å². The zero-order valence-corrected chi connectivity index (χ0v) is 6.31. The third kappa shape index (κ3) is 2.35. The molecule has 10 heavy (non-hydrogen) atoms. The van der Waals surface area contributed by atoms with Crippen molar-refractivity contribution >= 4 is 13.7 Å². The van der Waals surface area contributed by atoms with Crippen LogP contribution >= 0.6 is 7.60 Å². The van der Waals surface area contributed by atoms with Crippen LogP contribution in [0.25, 0.3) is 0 Å². The summed E-state index contributed by atoms with van der Waals surface area (Å²) >= 11 is 0. The van der Waals surface area contributed by atoms with E-state index in [4.69, 9.17) is 0 Å². The van der Waals surface area contributed by atoms with Gasteiger partial charge in [-0.05, 0) is 0 Å². The lowest BCUT2D eigenvalue weighted by Crippen LogP contribution is -1.94. The highest BCUT2D eigenvalue weighted by Gasteiger charge is 2.17. The molecule has 0 aromatic heterocycles. The van der Waals surface area contributed by atoms with Gasteiger partial charge in [-0.2, -0.15) is 4.20 Å². The number of rotatable bonds is 1. The Labute approximate surface area is 57.6 Å². The van der Waals surface area contributed by atoms with Crippen molar-refractivity contribution in [2.45, 2.75) is 0 Å². The molecule has 6 heteroatoms. The Morgan fingerprint density at radius 3 is 2.50 bits per heavy atom. The van der Waals surface area contributed by atoms with Gasteiger partial charge >= 0.3 is 13.7 Å². The Morgan fingerprint density at radius 2 is 2.10 bits per heavy atom. The molecule has 1 unspecified atom stereocenters. The lowest BCUT2D eigenvalue weighted by Gasteiger charge is -1.95. The molecule has 58 valence electrons. The fourth-order valence-corrected chi connectivity index (χ4v) is 0.910. The predicted octanol–water partition coefficient (Wildman–Crippen LogP) is 1.18. The summed E-state index contributed by atoms with van der Waals surface area (Å²) in [5.74, 6) is 0. The first kappa shape index (κ1) is 7.54. The summed E-state index contributed by atoms with van der Waals surface area (Å²) in [5.41, 5.74) is 0. The van der Waals surface area contributed by atoms with Gasteiger partial charge in [0, 0.05) is 6.66 Å². The standard InChI is InChI=1S/C4H7FNO3P/c1-10(5,7)6-4-8-2-3-9-4/h2-3H2,1H3. The van der Waals surface area contributed by atoms with Crippen LogP contribution in [0.4, 0.5) is 4.20 Å². The molecule has 0 aliphatic carbocycles. The van der Waals surface area contributed by atoms with E-state index < -0.39 is 7.60 Å². The Hall–Kier alpha value is -0.570. The minimum atomic E-state index is -3.88. The predicted molar refractivity (Wildman–Crippen MR) is 34.0 cm³/mol. The summed E-state index contributed by atoms with van der Waals surface area (Å²) < 4.78 is 35.0. The number of hydrogen-bond donors (Lipinski definition) is 0. The molecule has 0 amide bonds. The second-order valence-corrected chi connectivity index (χ2v) is 3.60. The molecule has 0 radical (unpaired) electrons. The third-order valence-corrected chi connectivity index (χ3v) is 1.32. The maximum atomic E-state index is 12.2. The van der Waals surface area contributed by atoms with Gasteiger partial charge in [-0.15, -0.1) is 4.76 Å². The van der Waals surface area contributed by atoms with Crippen LogP contribution in [0, 0.1) is 0 Å². The molecular weight excluding hydrogens is 160 g/mol. The summed E-state index contributed by atoms with van der Waals surface area (Å²) in [5, 5.41) is 0. The molecule has 1 fully saturated rings. The second-order valence-electron chi connectivity index (χ2n) is 1.84. The molecular formula is C4H7FNO3P. The van der Waals surface area contributed by atoms with Gasteiger partial charge in [0.2, 0.25) is 0 Å². The topological polar surface area (TPSA) is 47.9 Å². The summed E-state index contributed by atoms with van der Waals surface area (Å²) in [4.78, 5) is 0. The van der Waals surface area contributed by atoms with Gasteiger partial charge in [0.05, 0.1) is 0 Å². The van der Waals surface area contributed by atoms with Crippen molar-refractivity contribution in [1.29, 1.82) is 0 Å². The fourth-order valence-electron chi connectivity index (χ4n) is 0.503. The molecule has 1 atom stereocenters. The van der Waals surface area contributed by atoms with Gasteiger partial charge < -0.3 is 9.47 Å². The monoisotopic (exact) mass is 167 g/mol. The minimum Gasteiger partial charge on any atom is -0.447 e. The molecule has 1 aliphatic rings. The lowest BCUT2D eigenvalue weighted by atomic mass is 10.8. The van der Waals surface area contributed by atoms with Crippen molar-refractivity contribution in [3.8, 4) is 0 Å². The quantitative estimate of drug-likeness (QED) is 0.551. The maximum absolute atomic E-state index is 12.2. The van der Waals surface area contributed by atoms with Crippen LogP contribution < -0.4 is 0 Å². The van der Waals surface area contributed by atoms with Gasteiger partial charge in [0.25, 0.3) is 0 Å². The first-order chi connectivity index (χ1) is 4.58. The van der Waals surface area contributed by atoms with Crippen molar-refractivity contribution in [3.05, 3.63) is 0 Å². The Balaban J connectivity index is 2.62. The molecule has 1 saturated heterocycles. The first-order valence-electron chi connectivity index (χ1n) is 2.71. The van der Waals surface area contributed by atoms with E-state index >= 15 is 0 Å². The smallest absolute Gasteiger partial charge is 0.392 e. The SMILES string of the molecule is CP(=O)(F)N=C1OCCO1. The van der Waals surface area contributed by atoms with Crippen molar-refractivity contribution in [2.75, 3.05) is 19.9 Å². The van der Waals surface area contributed by atoms with E-state index in [1.54, 1.807) is 0 Å². The number of hydrogen-bond acceptors (Lipinski definition) is 3. The Kier molecular flexibility index (Phi) is 1.94. The highest BCUT2D eigenvalue weighted by molar-refractivity contribution is 7.56. The van der Waals surface area contributed by atoms with Crippen LogP contribution in [0.5, 0.6) is 0 Å². The molecule has 4 nitrogen and oxygen atoms in total. The van der Waals surface area contributed by atoms with Crippen molar-refractivity contribution in [1.82, 2.24) is 0 Å². The van der Waals surface area contributed by atoms with Crippen LogP contribution in [-0.4, -0.2) is 26.0 Å². The highest BCUT2D eigenvalue weighted by Crippen LogP contribution is 2.44. The molecule has 0 saturated carbocycles. The molecule has 1 aliphatic heterocycles. The van der Waals surface area contributed by atoms with Crippen LogP contribution in [0.1, 0.15) is 0 Å². The Bertz CT molecular complexity index is 191. The van der Waals surface area contributed by atoms with E-state index in [9.17, 15) is 8.76 Å². The molecule has 0 spiro atoms. The zero-order chi connectivity index (χ0) is 7.61. The molecule has 0 aromatic carbocycles. The van der Waals surface area contributed by atoms with E-state index in [-0.39, 0.29) is 6.08 Å². The maximum Gasteiger partial charge on any atom is 0.392 e. The number of halogens is 1. The van der Waals surface area contributed by atoms with Crippen LogP contribution in [0.15, 0.2) is 4.76 Å². The fraction of sp³-hybridized carbons (Fsp3) is 0.750. The van der Waals surface area contributed by atoms with Gasteiger partial charge in [-0.3, -0.25) is 4.57 Å². The summed E-state index contributed by atoms with van der Waals surface area (Å²) in [6.07, 6.45) is -0.201. The van der Waals surface area contributed by atoms with Gasteiger partial charge in [0.1, 0.15) is 13.2 Å². The summed E-state index contributed by atoms with van der Waals surface area (Å²) in [6, 6.07) is 0.